The zero-order valence-corrected chi connectivity index (χ0v) is 18.9. The van der Waals surface area contributed by atoms with Crippen molar-refractivity contribution in [2.75, 3.05) is 25.5 Å². The number of nitrogens with one attached hydrogen (secondary N) is 1. The molecule has 1 aliphatic rings. The third kappa shape index (κ3) is 4.85. The molecule has 162 valence electrons. The molecular formula is C25H31N5O. The molecule has 1 aliphatic heterocycles. The molecule has 0 radical (unpaired) electrons. The van der Waals surface area contributed by atoms with Gasteiger partial charge >= 0.3 is 0 Å². The molecule has 1 aromatic carbocycles. The summed E-state index contributed by atoms with van der Waals surface area (Å²) in [4.78, 5) is 16.1. The minimum Gasteiger partial charge on any atom is -0.496 e. The van der Waals surface area contributed by atoms with Gasteiger partial charge in [0, 0.05) is 24.9 Å². The topological polar surface area (TPSA) is 63.2 Å². The van der Waals surface area contributed by atoms with Gasteiger partial charge in [-0.15, -0.1) is 0 Å². The van der Waals surface area contributed by atoms with Crippen LogP contribution in [0, 0.1) is 20.8 Å². The summed E-state index contributed by atoms with van der Waals surface area (Å²) in [6, 6.07) is 7.95. The van der Waals surface area contributed by atoms with Crippen molar-refractivity contribution in [3.8, 4) is 5.75 Å². The van der Waals surface area contributed by atoms with E-state index >= 15 is 0 Å². The first-order chi connectivity index (χ1) is 15.0. The number of hydrogen-bond acceptors (Lipinski definition) is 6. The maximum Gasteiger partial charge on any atom is 0.150 e. The molecule has 0 amide bonds. The highest BCUT2D eigenvalue weighted by Gasteiger charge is 2.23. The second-order valence-corrected chi connectivity index (χ2v) is 8.34. The number of nitrogens with zero attached hydrogens (tertiary/aromatic N) is 4. The first-order valence-electron chi connectivity index (χ1n) is 10.9. The van der Waals surface area contributed by atoms with Crippen molar-refractivity contribution in [1.82, 2.24) is 19.9 Å². The summed E-state index contributed by atoms with van der Waals surface area (Å²) in [6.07, 6.45) is 7.61. The van der Waals surface area contributed by atoms with Crippen LogP contribution in [0.2, 0.25) is 0 Å². The molecule has 31 heavy (non-hydrogen) atoms. The second-order valence-electron chi connectivity index (χ2n) is 8.34. The van der Waals surface area contributed by atoms with Crippen LogP contribution in [-0.4, -0.2) is 40.1 Å². The lowest BCUT2D eigenvalue weighted by atomic mass is 9.92. The largest absolute Gasteiger partial charge is 0.496 e. The van der Waals surface area contributed by atoms with Gasteiger partial charge in [-0.2, -0.15) is 0 Å². The first-order valence-corrected chi connectivity index (χ1v) is 10.9. The molecular weight excluding hydrogens is 386 g/mol. The van der Waals surface area contributed by atoms with Gasteiger partial charge in [0.25, 0.3) is 0 Å². The Kier molecular flexibility index (Phi) is 6.47. The highest BCUT2D eigenvalue weighted by Crippen LogP contribution is 2.31. The molecule has 6 heteroatoms. The number of methoxy groups -OCH3 is 1. The summed E-state index contributed by atoms with van der Waals surface area (Å²) in [5, 5.41) is 3.25. The molecule has 1 fully saturated rings. The average Bonchev–Trinajstić information content (AvgIpc) is 2.80. The van der Waals surface area contributed by atoms with Gasteiger partial charge in [0.15, 0.2) is 0 Å². The molecule has 6 nitrogen and oxygen atoms in total. The number of aromatic nitrogens is 3. The SMILES string of the molecule is COc1cc(C)c(CN2CCC(c3cncc(Nc4ccccn4)n3)CC2)c(C)c1C. The van der Waals surface area contributed by atoms with Crippen LogP contribution in [0.1, 0.15) is 46.7 Å². The van der Waals surface area contributed by atoms with E-state index in [0.717, 1.165) is 55.6 Å². The molecule has 0 saturated carbocycles. The van der Waals surface area contributed by atoms with Gasteiger partial charge in [-0.1, -0.05) is 6.07 Å². The van der Waals surface area contributed by atoms with Crippen molar-refractivity contribution in [3.05, 3.63) is 70.8 Å². The highest BCUT2D eigenvalue weighted by atomic mass is 16.5. The van der Waals surface area contributed by atoms with Gasteiger partial charge in [-0.05, 0) is 87.2 Å². The lowest BCUT2D eigenvalue weighted by molar-refractivity contribution is 0.202. The maximum atomic E-state index is 5.53. The number of hydrogen-bond donors (Lipinski definition) is 1. The standard InChI is InChI=1S/C25H31N5O/c1-17-13-23(31-4)19(3)18(2)21(17)16-30-11-8-20(9-12-30)22-14-26-15-25(28-22)29-24-7-5-6-10-27-24/h5-7,10,13-15,20H,8-9,11-12,16H2,1-4H3,(H,27,28,29). The van der Waals surface area contributed by atoms with Crippen LogP contribution in [-0.2, 0) is 6.54 Å². The Balaban J connectivity index is 1.39. The normalized spacial score (nSPS) is 15.1. The summed E-state index contributed by atoms with van der Waals surface area (Å²) in [6.45, 7) is 9.66. The quantitative estimate of drug-likeness (QED) is 0.614. The number of pyridine rings is 1. The van der Waals surface area contributed by atoms with Crippen LogP contribution in [0.25, 0.3) is 0 Å². The maximum absolute atomic E-state index is 5.53. The number of aryl methyl sites for hydroxylation is 1. The van der Waals surface area contributed by atoms with Gasteiger partial charge < -0.3 is 10.1 Å². The van der Waals surface area contributed by atoms with Crippen LogP contribution in [0.3, 0.4) is 0 Å². The van der Waals surface area contributed by atoms with Crippen molar-refractivity contribution in [2.45, 2.75) is 46.1 Å². The van der Waals surface area contributed by atoms with Crippen molar-refractivity contribution in [2.24, 2.45) is 0 Å². The number of anilines is 2. The van der Waals surface area contributed by atoms with Gasteiger partial charge in [0.1, 0.15) is 17.4 Å². The van der Waals surface area contributed by atoms with Crippen molar-refractivity contribution < 1.29 is 4.74 Å². The molecule has 2 aromatic heterocycles. The van der Waals surface area contributed by atoms with E-state index in [4.69, 9.17) is 9.72 Å². The van der Waals surface area contributed by atoms with Gasteiger partial charge in [-0.25, -0.2) is 9.97 Å². The number of piperidine rings is 1. The van der Waals surface area contributed by atoms with Crippen LogP contribution < -0.4 is 10.1 Å². The van der Waals surface area contributed by atoms with Crippen molar-refractivity contribution in [1.29, 1.82) is 0 Å². The van der Waals surface area contributed by atoms with Crippen molar-refractivity contribution in [3.63, 3.8) is 0 Å². The molecule has 1 N–H and O–H groups in total. The van der Waals surface area contributed by atoms with E-state index < -0.39 is 0 Å². The van der Waals surface area contributed by atoms with Crippen LogP contribution in [0.4, 0.5) is 11.6 Å². The fourth-order valence-corrected chi connectivity index (χ4v) is 4.37. The van der Waals surface area contributed by atoms with E-state index in [2.05, 4.69) is 47.0 Å². The number of rotatable bonds is 6. The number of ether oxygens (including phenoxy) is 1. The minimum atomic E-state index is 0.439. The summed E-state index contributed by atoms with van der Waals surface area (Å²) < 4.78 is 5.53. The van der Waals surface area contributed by atoms with E-state index in [1.807, 2.05) is 24.4 Å². The van der Waals surface area contributed by atoms with E-state index in [1.54, 1.807) is 19.5 Å². The number of benzene rings is 1. The van der Waals surface area contributed by atoms with Gasteiger partial charge in [-0.3, -0.25) is 9.88 Å². The molecule has 0 atom stereocenters. The van der Waals surface area contributed by atoms with Gasteiger partial charge in [0.05, 0.1) is 19.0 Å². The summed E-state index contributed by atoms with van der Waals surface area (Å²) in [5.41, 5.74) is 6.39. The van der Waals surface area contributed by atoms with E-state index in [1.165, 1.54) is 22.3 Å². The monoisotopic (exact) mass is 417 g/mol. The molecule has 0 unspecified atom stereocenters. The van der Waals surface area contributed by atoms with Gasteiger partial charge in [0.2, 0.25) is 0 Å². The fraction of sp³-hybridized carbons (Fsp3) is 0.400. The lowest BCUT2D eigenvalue weighted by Gasteiger charge is -2.32. The third-order valence-corrected chi connectivity index (χ3v) is 6.39. The minimum absolute atomic E-state index is 0.439. The highest BCUT2D eigenvalue weighted by molar-refractivity contribution is 5.50. The molecule has 0 spiro atoms. The van der Waals surface area contributed by atoms with Crippen molar-refractivity contribution >= 4 is 11.6 Å². The summed E-state index contributed by atoms with van der Waals surface area (Å²) in [7, 11) is 1.75. The molecule has 4 rings (SSSR count). The third-order valence-electron chi connectivity index (χ3n) is 6.39. The molecule has 3 heterocycles. The molecule has 3 aromatic rings. The summed E-state index contributed by atoms with van der Waals surface area (Å²) >= 11 is 0. The van der Waals surface area contributed by atoms with Crippen LogP contribution in [0.5, 0.6) is 5.75 Å². The Labute approximate surface area is 184 Å². The second kappa shape index (κ2) is 9.43. The average molecular weight is 418 g/mol. The van der Waals surface area contributed by atoms with Crippen LogP contribution >= 0.6 is 0 Å². The van der Waals surface area contributed by atoms with E-state index in [0.29, 0.717) is 5.92 Å². The Morgan fingerprint density at radius 2 is 1.87 bits per heavy atom. The van der Waals surface area contributed by atoms with Crippen LogP contribution in [0.15, 0.2) is 42.9 Å². The molecule has 1 saturated heterocycles. The Morgan fingerprint density at radius 1 is 1.06 bits per heavy atom. The van der Waals surface area contributed by atoms with E-state index in [-0.39, 0.29) is 0 Å². The Morgan fingerprint density at radius 3 is 2.58 bits per heavy atom. The predicted octanol–water partition coefficient (Wildman–Crippen LogP) is 4.93. The lowest BCUT2D eigenvalue weighted by Crippen LogP contribution is -2.33. The number of likely N-dealkylation sites (tertiary alicyclic amines) is 1. The smallest absolute Gasteiger partial charge is 0.150 e. The van der Waals surface area contributed by atoms with E-state index in [9.17, 15) is 0 Å². The first kappa shape index (κ1) is 21.2. The zero-order chi connectivity index (χ0) is 21.8. The Hall–Kier alpha value is -2.99. The zero-order valence-electron chi connectivity index (χ0n) is 18.9. The Bertz CT molecular complexity index is 1030. The summed E-state index contributed by atoms with van der Waals surface area (Å²) in [5.74, 6) is 2.95. The predicted molar refractivity (Wildman–Crippen MR) is 124 cm³/mol. The molecule has 0 bridgehead atoms. The molecule has 0 aliphatic carbocycles. The fourth-order valence-electron chi connectivity index (χ4n) is 4.37.